The first-order chi connectivity index (χ1) is 10.5. The summed E-state index contributed by atoms with van der Waals surface area (Å²) in [6.07, 6.45) is 0.981. The lowest BCUT2D eigenvalue weighted by Crippen LogP contribution is -2.05. The van der Waals surface area contributed by atoms with E-state index in [2.05, 4.69) is 5.32 Å². The highest BCUT2D eigenvalue weighted by atomic mass is 79.9. The van der Waals surface area contributed by atoms with Crippen LogP contribution in [0.3, 0.4) is 0 Å². The van der Waals surface area contributed by atoms with Crippen molar-refractivity contribution in [1.82, 2.24) is 5.32 Å². The van der Waals surface area contributed by atoms with E-state index >= 15 is 0 Å². The van der Waals surface area contributed by atoms with Gasteiger partial charge in [-0.2, -0.15) is 13.2 Å². The standard InChI is InChI=1S/C17H12F3NO.BrH/c18-17(19,20)13-5-7-14(8-6-13)22-16-11-21-10-9-12-3-1-2-4-15(12)16;/h1-11,21H;1H. The number of rotatable bonds is 2. The normalized spacial score (nSPS) is 13.1. The molecule has 0 radical (unpaired) electrons. The van der Waals surface area contributed by atoms with E-state index in [-0.39, 0.29) is 17.0 Å². The van der Waals surface area contributed by atoms with Crippen LogP contribution in [0.2, 0.25) is 0 Å². The maximum atomic E-state index is 12.6. The molecule has 0 aliphatic carbocycles. The number of ether oxygens (including phenoxy) is 1. The zero-order valence-corrected chi connectivity index (χ0v) is 13.5. The van der Waals surface area contributed by atoms with E-state index < -0.39 is 11.7 Å². The van der Waals surface area contributed by atoms with Gasteiger partial charge in [-0.15, -0.1) is 17.0 Å². The fourth-order valence-corrected chi connectivity index (χ4v) is 2.13. The zero-order chi connectivity index (χ0) is 15.6. The number of alkyl halides is 3. The molecule has 0 aromatic heterocycles. The number of fused-ring (bicyclic) bond motifs is 1. The molecule has 0 saturated carbocycles. The number of nitrogens with one attached hydrogen (secondary N) is 1. The molecular weight excluding hydrogens is 371 g/mol. The third-order valence-corrected chi connectivity index (χ3v) is 3.21. The molecule has 2 aromatic rings. The molecule has 0 fully saturated rings. The Hall–Kier alpha value is -2.21. The van der Waals surface area contributed by atoms with Crippen molar-refractivity contribution >= 4 is 28.8 Å². The largest absolute Gasteiger partial charge is 0.455 e. The minimum atomic E-state index is -4.35. The molecule has 2 aromatic carbocycles. The van der Waals surface area contributed by atoms with Crippen LogP contribution in [0, 0.1) is 0 Å². The molecular formula is C17H13BrF3NO. The Morgan fingerprint density at radius 2 is 1.61 bits per heavy atom. The lowest BCUT2D eigenvalue weighted by Gasteiger charge is -2.12. The Morgan fingerprint density at radius 1 is 0.913 bits per heavy atom. The van der Waals surface area contributed by atoms with Crippen LogP contribution >= 0.6 is 17.0 Å². The SMILES string of the molecule is Br.FC(F)(F)c1ccc(OC2=CNC=Cc3ccccc32)cc1. The second-order valence-corrected chi connectivity index (χ2v) is 4.72. The molecule has 1 N–H and O–H groups in total. The van der Waals surface area contributed by atoms with Gasteiger partial charge < -0.3 is 10.1 Å². The van der Waals surface area contributed by atoms with Gasteiger partial charge in [-0.1, -0.05) is 24.3 Å². The number of halogens is 4. The van der Waals surface area contributed by atoms with Crippen molar-refractivity contribution in [3.63, 3.8) is 0 Å². The van der Waals surface area contributed by atoms with Crippen molar-refractivity contribution < 1.29 is 17.9 Å². The van der Waals surface area contributed by atoms with E-state index in [0.29, 0.717) is 11.5 Å². The molecule has 3 rings (SSSR count). The summed E-state index contributed by atoms with van der Waals surface area (Å²) in [6.45, 7) is 0. The van der Waals surface area contributed by atoms with Crippen molar-refractivity contribution in [3.05, 3.63) is 77.6 Å². The summed E-state index contributed by atoms with van der Waals surface area (Å²) >= 11 is 0. The van der Waals surface area contributed by atoms with Gasteiger partial charge in [0.2, 0.25) is 0 Å². The van der Waals surface area contributed by atoms with Crippen LogP contribution in [0.25, 0.3) is 11.8 Å². The third kappa shape index (κ3) is 3.96. The topological polar surface area (TPSA) is 21.3 Å². The summed E-state index contributed by atoms with van der Waals surface area (Å²) in [5, 5.41) is 2.95. The van der Waals surface area contributed by atoms with Crippen LogP contribution in [-0.4, -0.2) is 0 Å². The molecule has 0 spiro atoms. The summed E-state index contributed by atoms with van der Waals surface area (Å²) in [5.41, 5.74) is 1.13. The minimum absolute atomic E-state index is 0. The third-order valence-electron chi connectivity index (χ3n) is 3.21. The molecule has 0 bridgehead atoms. The van der Waals surface area contributed by atoms with Crippen LogP contribution < -0.4 is 10.1 Å². The van der Waals surface area contributed by atoms with Gasteiger partial charge in [0.25, 0.3) is 0 Å². The van der Waals surface area contributed by atoms with Crippen molar-refractivity contribution in [2.45, 2.75) is 6.18 Å². The summed E-state index contributed by atoms with van der Waals surface area (Å²) < 4.78 is 43.4. The Bertz CT molecular complexity index is 736. The smallest absolute Gasteiger partial charge is 0.416 e. The average Bonchev–Trinajstić information content (AvgIpc) is 2.70. The Balaban J connectivity index is 0.00000192. The van der Waals surface area contributed by atoms with Gasteiger partial charge in [0.05, 0.1) is 5.56 Å². The Morgan fingerprint density at radius 3 is 2.30 bits per heavy atom. The summed E-state index contributed by atoms with van der Waals surface area (Å²) in [7, 11) is 0. The number of hydrogen-bond acceptors (Lipinski definition) is 2. The molecule has 0 amide bonds. The van der Waals surface area contributed by atoms with Gasteiger partial charge in [-0.3, -0.25) is 0 Å². The first-order valence-electron chi connectivity index (χ1n) is 6.61. The van der Waals surface area contributed by atoms with Gasteiger partial charge >= 0.3 is 6.18 Å². The van der Waals surface area contributed by atoms with Crippen LogP contribution in [0.15, 0.2) is 60.9 Å². The molecule has 1 aliphatic heterocycles. The molecule has 120 valence electrons. The molecule has 6 heteroatoms. The van der Waals surface area contributed by atoms with Gasteiger partial charge in [-0.05, 0) is 35.9 Å². The molecule has 1 heterocycles. The molecule has 0 unspecified atom stereocenters. The molecule has 2 nitrogen and oxygen atoms in total. The molecule has 1 aliphatic rings. The van der Waals surface area contributed by atoms with Crippen LogP contribution in [0.4, 0.5) is 13.2 Å². The second kappa shape index (κ2) is 6.91. The van der Waals surface area contributed by atoms with Crippen molar-refractivity contribution in [2.24, 2.45) is 0 Å². The van der Waals surface area contributed by atoms with Crippen molar-refractivity contribution in [3.8, 4) is 5.75 Å². The lowest BCUT2D eigenvalue weighted by atomic mass is 10.1. The summed E-state index contributed by atoms with van der Waals surface area (Å²) in [4.78, 5) is 0. The van der Waals surface area contributed by atoms with Crippen LogP contribution in [0.1, 0.15) is 16.7 Å². The van der Waals surface area contributed by atoms with E-state index in [1.165, 1.54) is 12.1 Å². The molecule has 0 atom stereocenters. The highest BCUT2D eigenvalue weighted by molar-refractivity contribution is 8.93. The fraction of sp³-hybridized carbons (Fsp3) is 0.0588. The summed E-state index contributed by atoms with van der Waals surface area (Å²) in [5.74, 6) is 0.887. The minimum Gasteiger partial charge on any atom is -0.455 e. The molecule has 23 heavy (non-hydrogen) atoms. The predicted molar refractivity (Wildman–Crippen MR) is 89.0 cm³/mol. The van der Waals surface area contributed by atoms with Gasteiger partial charge in [-0.25, -0.2) is 0 Å². The van der Waals surface area contributed by atoms with E-state index in [1.54, 1.807) is 12.4 Å². The fourth-order valence-electron chi connectivity index (χ4n) is 2.13. The van der Waals surface area contributed by atoms with E-state index in [4.69, 9.17) is 4.74 Å². The van der Waals surface area contributed by atoms with Crippen LogP contribution in [0.5, 0.6) is 5.75 Å². The number of benzene rings is 2. The average molecular weight is 384 g/mol. The first-order valence-corrected chi connectivity index (χ1v) is 6.61. The van der Waals surface area contributed by atoms with E-state index in [1.807, 2.05) is 30.3 Å². The monoisotopic (exact) mass is 383 g/mol. The van der Waals surface area contributed by atoms with Gasteiger partial charge in [0.15, 0.2) is 5.76 Å². The second-order valence-electron chi connectivity index (χ2n) is 4.72. The quantitative estimate of drug-likeness (QED) is 0.765. The molecule has 0 saturated heterocycles. The van der Waals surface area contributed by atoms with Crippen molar-refractivity contribution in [1.29, 1.82) is 0 Å². The predicted octanol–water partition coefficient (Wildman–Crippen LogP) is 5.23. The van der Waals surface area contributed by atoms with E-state index in [0.717, 1.165) is 23.3 Å². The van der Waals surface area contributed by atoms with Gasteiger partial charge in [0.1, 0.15) is 5.75 Å². The maximum absolute atomic E-state index is 12.6. The Kier molecular flexibility index (Phi) is 5.15. The highest BCUT2D eigenvalue weighted by Gasteiger charge is 2.30. The first kappa shape index (κ1) is 17.1. The van der Waals surface area contributed by atoms with E-state index in [9.17, 15) is 13.2 Å². The Labute approximate surface area is 142 Å². The zero-order valence-electron chi connectivity index (χ0n) is 11.8. The van der Waals surface area contributed by atoms with Gasteiger partial charge in [0, 0.05) is 18.0 Å². The maximum Gasteiger partial charge on any atom is 0.416 e. The summed E-state index contributed by atoms with van der Waals surface area (Å²) in [6, 6.07) is 12.2. The van der Waals surface area contributed by atoms with Crippen LogP contribution in [-0.2, 0) is 6.18 Å². The lowest BCUT2D eigenvalue weighted by molar-refractivity contribution is -0.137. The highest BCUT2D eigenvalue weighted by Crippen LogP contribution is 2.31. The van der Waals surface area contributed by atoms with Crippen molar-refractivity contribution in [2.75, 3.05) is 0 Å². The number of hydrogen-bond donors (Lipinski definition) is 1.